The van der Waals surface area contributed by atoms with Gasteiger partial charge in [-0.2, -0.15) is 5.10 Å². The predicted molar refractivity (Wildman–Crippen MR) is 64.4 cm³/mol. The number of carbonyl (C=O) groups excluding carboxylic acids is 1. The van der Waals surface area contributed by atoms with E-state index in [9.17, 15) is 18.0 Å². The van der Waals surface area contributed by atoms with E-state index >= 15 is 0 Å². The van der Waals surface area contributed by atoms with E-state index in [-0.39, 0.29) is 17.9 Å². The maximum atomic E-state index is 13.1. The number of esters is 1. The van der Waals surface area contributed by atoms with Gasteiger partial charge in [-0.3, -0.25) is 0 Å². The molecule has 0 saturated heterocycles. The second kappa shape index (κ2) is 5.77. The normalized spacial score (nSPS) is 10.8. The first-order chi connectivity index (χ1) is 9.54. The van der Waals surface area contributed by atoms with E-state index in [0.717, 1.165) is 23.0 Å². The Bertz CT molecular complexity index is 609. The van der Waals surface area contributed by atoms with Gasteiger partial charge in [0.05, 0.1) is 18.5 Å². The molecule has 0 aliphatic carbocycles. The minimum Gasteiger partial charge on any atom is -0.462 e. The number of nitrogens with zero attached hydrogens (tertiary/aromatic N) is 2. The number of hydrogen-bond acceptors (Lipinski definition) is 3. The summed E-state index contributed by atoms with van der Waals surface area (Å²) in [4.78, 5) is 11.6. The lowest BCUT2D eigenvalue weighted by molar-refractivity contribution is 0.0514. The summed E-state index contributed by atoms with van der Waals surface area (Å²) in [6.07, 6.45) is -1.90. The molecule has 0 fully saturated rings. The van der Waals surface area contributed by atoms with Crippen molar-refractivity contribution in [2.24, 2.45) is 0 Å². The molecule has 0 aliphatic rings. The van der Waals surface area contributed by atoms with E-state index in [0.29, 0.717) is 0 Å². The Balaban J connectivity index is 2.49. The van der Waals surface area contributed by atoms with Gasteiger partial charge in [0, 0.05) is 0 Å². The second-order valence-corrected chi connectivity index (χ2v) is 3.85. The number of halogens is 3. The molecule has 1 heterocycles. The highest BCUT2D eigenvalue weighted by Crippen LogP contribution is 2.26. The van der Waals surface area contributed by atoms with Gasteiger partial charge in [-0.15, -0.1) is 0 Å². The third-order valence-electron chi connectivity index (χ3n) is 2.58. The Hall–Kier alpha value is -2.31. The van der Waals surface area contributed by atoms with E-state index in [1.807, 2.05) is 0 Å². The minimum absolute atomic E-state index is 0.0727. The van der Waals surface area contributed by atoms with Crippen molar-refractivity contribution in [2.75, 3.05) is 6.61 Å². The quantitative estimate of drug-likeness (QED) is 0.810. The third kappa shape index (κ3) is 2.66. The van der Waals surface area contributed by atoms with Crippen molar-refractivity contribution in [3.8, 4) is 5.69 Å². The van der Waals surface area contributed by atoms with Crippen molar-refractivity contribution in [1.82, 2.24) is 9.78 Å². The van der Waals surface area contributed by atoms with Crippen LogP contribution in [-0.2, 0) is 4.74 Å². The highest BCUT2D eigenvalue weighted by molar-refractivity contribution is 5.90. The molecule has 0 bridgehead atoms. The zero-order valence-corrected chi connectivity index (χ0v) is 10.5. The average molecular weight is 284 g/mol. The van der Waals surface area contributed by atoms with Crippen LogP contribution in [0, 0.1) is 5.82 Å². The van der Waals surface area contributed by atoms with E-state index in [2.05, 4.69) is 5.10 Å². The van der Waals surface area contributed by atoms with Crippen molar-refractivity contribution in [3.05, 3.63) is 47.5 Å². The van der Waals surface area contributed by atoms with Gasteiger partial charge in [-0.25, -0.2) is 22.6 Å². The van der Waals surface area contributed by atoms with Crippen molar-refractivity contribution in [2.45, 2.75) is 13.3 Å². The summed E-state index contributed by atoms with van der Waals surface area (Å²) in [7, 11) is 0. The molecule has 0 aliphatic heterocycles. The first-order valence-electron chi connectivity index (χ1n) is 5.83. The highest BCUT2D eigenvalue weighted by atomic mass is 19.3. The fourth-order valence-electron chi connectivity index (χ4n) is 1.72. The highest BCUT2D eigenvalue weighted by Gasteiger charge is 2.26. The number of benzene rings is 1. The Kier molecular flexibility index (Phi) is 4.07. The summed E-state index contributed by atoms with van der Waals surface area (Å²) in [5.74, 6) is -1.36. The van der Waals surface area contributed by atoms with Gasteiger partial charge in [-0.05, 0) is 31.2 Å². The van der Waals surface area contributed by atoms with Gasteiger partial charge in [-0.1, -0.05) is 0 Å². The number of alkyl halides is 2. The van der Waals surface area contributed by atoms with Crippen LogP contribution in [0.1, 0.15) is 29.4 Å². The van der Waals surface area contributed by atoms with Gasteiger partial charge in [0.25, 0.3) is 6.43 Å². The molecule has 2 rings (SSSR count). The largest absolute Gasteiger partial charge is 0.462 e. The molecule has 106 valence electrons. The summed E-state index contributed by atoms with van der Waals surface area (Å²) >= 11 is 0. The monoisotopic (exact) mass is 284 g/mol. The van der Waals surface area contributed by atoms with Crippen LogP contribution in [0.4, 0.5) is 13.2 Å². The van der Waals surface area contributed by atoms with Crippen molar-refractivity contribution < 1.29 is 22.7 Å². The lowest BCUT2D eigenvalue weighted by Gasteiger charge is -2.08. The van der Waals surface area contributed by atoms with Crippen LogP contribution in [0.25, 0.3) is 5.69 Å². The molecule has 0 amide bonds. The summed E-state index contributed by atoms with van der Waals surface area (Å²) in [5, 5.41) is 3.75. The van der Waals surface area contributed by atoms with Crippen LogP contribution in [0.15, 0.2) is 30.5 Å². The minimum atomic E-state index is -2.91. The number of aromatic nitrogens is 2. The van der Waals surface area contributed by atoms with Gasteiger partial charge >= 0.3 is 5.97 Å². The summed E-state index contributed by atoms with van der Waals surface area (Å²) in [6.45, 7) is 1.65. The average Bonchev–Trinajstić information content (AvgIpc) is 2.84. The topological polar surface area (TPSA) is 44.1 Å². The molecule has 7 heteroatoms. The van der Waals surface area contributed by atoms with Gasteiger partial charge in [0.2, 0.25) is 0 Å². The first kappa shape index (κ1) is 14.1. The van der Waals surface area contributed by atoms with E-state index in [1.54, 1.807) is 6.92 Å². The van der Waals surface area contributed by atoms with Crippen LogP contribution in [0.3, 0.4) is 0 Å². The van der Waals surface area contributed by atoms with E-state index < -0.39 is 23.9 Å². The SMILES string of the molecule is CCOC(=O)c1cnn(-c2ccc(F)cc2)c1C(F)F. The standard InChI is InChI=1S/C13H11F3N2O2/c1-2-20-13(19)10-7-17-18(11(10)12(15)16)9-5-3-8(14)4-6-9/h3-7,12H,2H2,1H3. The molecule has 2 aromatic rings. The molecular weight excluding hydrogens is 273 g/mol. The Morgan fingerprint density at radius 3 is 2.55 bits per heavy atom. The predicted octanol–water partition coefficient (Wildman–Crippen LogP) is 3.13. The molecule has 0 radical (unpaired) electrons. The summed E-state index contributed by atoms with van der Waals surface area (Å²) in [5.41, 5.74) is -0.640. The maximum absolute atomic E-state index is 13.1. The van der Waals surface area contributed by atoms with Gasteiger partial charge in [0.15, 0.2) is 0 Å². The van der Waals surface area contributed by atoms with Crippen LogP contribution in [-0.4, -0.2) is 22.4 Å². The lowest BCUT2D eigenvalue weighted by atomic mass is 10.2. The fourth-order valence-corrected chi connectivity index (χ4v) is 1.72. The summed E-state index contributed by atoms with van der Waals surface area (Å²) < 4.78 is 44.7. The second-order valence-electron chi connectivity index (χ2n) is 3.85. The molecule has 0 spiro atoms. The van der Waals surface area contributed by atoms with Crippen LogP contribution < -0.4 is 0 Å². The molecule has 0 atom stereocenters. The third-order valence-corrected chi connectivity index (χ3v) is 2.58. The van der Waals surface area contributed by atoms with Crippen LogP contribution in [0.2, 0.25) is 0 Å². The van der Waals surface area contributed by atoms with Crippen molar-refractivity contribution in [3.63, 3.8) is 0 Å². The number of ether oxygens (including phenoxy) is 1. The summed E-state index contributed by atoms with van der Waals surface area (Å²) in [6, 6.07) is 4.83. The Morgan fingerprint density at radius 1 is 1.35 bits per heavy atom. The number of carbonyl (C=O) groups is 1. The molecule has 1 aromatic heterocycles. The molecule has 0 N–H and O–H groups in total. The fraction of sp³-hybridized carbons (Fsp3) is 0.231. The molecule has 20 heavy (non-hydrogen) atoms. The zero-order chi connectivity index (χ0) is 14.7. The van der Waals surface area contributed by atoms with Gasteiger partial charge < -0.3 is 4.74 Å². The molecule has 4 nitrogen and oxygen atoms in total. The van der Waals surface area contributed by atoms with Crippen molar-refractivity contribution in [1.29, 1.82) is 0 Å². The molecule has 0 saturated carbocycles. The smallest absolute Gasteiger partial charge is 0.341 e. The van der Waals surface area contributed by atoms with E-state index in [4.69, 9.17) is 4.74 Å². The zero-order valence-electron chi connectivity index (χ0n) is 10.5. The number of rotatable bonds is 4. The first-order valence-corrected chi connectivity index (χ1v) is 5.83. The van der Waals surface area contributed by atoms with E-state index in [1.165, 1.54) is 12.1 Å². The van der Waals surface area contributed by atoms with Crippen LogP contribution in [0.5, 0.6) is 0 Å². The van der Waals surface area contributed by atoms with Gasteiger partial charge in [0.1, 0.15) is 17.1 Å². The lowest BCUT2D eigenvalue weighted by Crippen LogP contribution is -2.10. The Morgan fingerprint density at radius 2 is 2.00 bits per heavy atom. The molecular formula is C13H11F3N2O2. The Labute approximate surface area is 112 Å². The van der Waals surface area contributed by atoms with Crippen molar-refractivity contribution >= 4 is 5.97 Å². The molecule has 1 aromatic carbocycles. The number of hydrogen-bond donors (Lipinski definition) is 0. The maximum Gasteiger partial charge on any atom is 0.341 e. The molecule has 0 unspecified atom stereocenters. The van der Waals surface area contributed by atoms with Crippen LogP contribution >= 0.6 is 0 Å².